The molecule has 1 aliphatic heterocycles. The smallest absolute Gasteiger partial charge is 0.270 e. The van der Waals surface area contributed by atoms with Crippen LogP contribution in [0.5, 0.6) is 0 Å². The summed E-state index contributed by atoms with van der Waals surface area (Å²) in [6.07, 6.45) is 3.97. The second kappa shape index (κ2) is 9.22. The van der Waals surface area contributed by atoms with Crippen molar-refractivity contribution in [2.75, 3.05) is 22.9 Å². The first kappa shape index (κ1) is 20.4. The molecule has 1 amide bonds. The van der Waals surface area contributed by atoms with E-state index in [9.17, 15) is 4.79 Å². The van der Waals surface area contributed by atoms with Crippen LogP contribution in [0.15, 0.2) is 71.2 Å². The molecule has 144 valence electrons. The molecular weight excluding hydrogens is 384 g/mol. The quantitative estimate of drug-likeness (QED) is 0.439. The largest absolute Gasteiger partial charge is 0.372 e. The molecule has 5 heteroatoms. The van der Waals surface area contributed by atoms with Gasteiger partial charge in [-0.25, -0.2) is 0 Å². The minimum Gasteiger partial charge on any atom is -0.372 e. The molecule has 0 N–H and O–H groups in total. The summed E-state index contributed by atoms with van der Waals surface area (Å²) >= 11 is 6.84. The van der Waals surface area contributed by atoms with Gasteiger partial charge in [-0.05, 0) is 62.2 Å². The van der Waals surface area contributed by atoms with Gasteiger partial charge in [0.1, 0.15) is 0 Å². The van der Waals surface area contributed by atoms with Crippen LogP contribution in [-0.2, 0) is 4.79 Å². The van der Waals surface area contributed by atoms with E-state index >= 15 is 0 Å². The second-order valence-corrected chi connectivity index (χ2v) is 8.18. The van der Waals surface area contributed by atoms with E-state index in [-0.39, 0.29) is 5.91 Å². The molecule has 1 heterocycles. The second-order valence-electron chi connectivity index (χ2n) is 6.50. The number of anilines is 2. The molecule has 28 heavy (non-hydrogen) atoms. The Morgan fingerprint density at radius 1 is 1.07 bits per heavy atom. The number of carbonyl (C=O) groups is 1. The Hall–Kier alpha value is -2.37. The third-order valence-electron chi connectivity index (χ3n) is 4.58. The molecule has 0 spiro atoms. The zero-order valence-electron chi connectivity index (χ0n) is 16.4. The minimum atomic E-state index is -0.0635. The third-order valence-corrected chi connectivity index (χ3v) is 5.89. The summed E-state index contributed by atoms with van der Waals surface area (Å²) in [5, 5.41) is 0. The Balaban J connectivity index is 1.81. The lowest BCUT2D eigenvalue weighted by atomic mass is 10.1. The normalized spacial score (nSPS) is 16.2. The molecule has 1 saturated heterocycles. The molecule has 3 nitrogen and oxygen atoms in total. The Morgan fingerprint density at radius 3 is 2.32 bits per heavy atom. The molecule has 0 aliphatic carbocycles. The number of nitrogens with zero attached hydrogens (tertiary/aromatic N) is 2. The minimum absolute atomic E-state index is 0.0635. The Kier molecular flexibility index (Phi) is 6.70. The van der Waals surface area contributed by atoms with Gasteiger partial charge in [0.25, 0.3) is 5.91 Å². The first-order valence-corrected chi connectivity index (χ1v) is 10.6. The monoisotopic (exact) mass is 408 g/mol. The standard InChI is InChI=1S/C23H24N2OS2/c1-4-24(5-2)19-11-13-20(14-12-19)25-22(26)21(28-23(25)27)16-17(3)15-18-9-7-6-8-10-18/h6-16H,4-5H2,1-3H3/b17-15+,21-16-. The summed E-state index contributed by atoms with van der Waals surface area (Å²) < 4.78 is 0.569. The first-order valence-electron chi connectivity index (χ1n) is 9.39. The topological polar surface area (TPSA) is 23.6 Å². The number of thiocarbonyl (C=S) groups is 1. The van der Waals surface area contributed by atoms with Crippen LogP contribution in [0.1, 0.15) is 26.3 Å². The summed E-state index contributed by atoms with van der Waals surface area (Å²) in [6.45, 7) is 8.17. The summed E-state index contributed by atoms with van der Waals surface area (Å²) in [7, 11) is 0. The molecule has 0 radical (unpaired) electrons. The highest BCUT2D eigenvalue weighted by atomic mass is 32.2. The van der Waals surface area contributed by atoms with Gasteiger partial charge in [0.15, 0.2) is 4.32 Å². The van der Waals surface area contributed by atoms with Crippen molar-refractivity contribution in [2.24, 2.45) is 0 Å². The van der Waals surface area contributed by atoms with Gasteiger partial charge in [-0.2, -0.15) is 0 Å². The van der Waals surface area contributed by atoms with Gasteiger partial charge in [-0.15, -0.1) is 0 Å². The van der Waals surface area contributed by atoms with E-state index in [1.54, 1.807) is 4.90 Å². The van der Waals surface area contributed by atoms with Crippen LogP contribution in [0.4, 0.5) is 11.4 Å². The molecule has 0 bridgehead atoms. The number of carbonyl (C=O) groups excluding carboxylic acids is 1. The molecule has 3 rings (SSSR count). The van der Waals surface area contributed by atoms with Crippen molar-refractivity contribution in [2.45, 2.75) is 20.8 Å². The summed E-state index contributed by atoms with van der Waals surface area (Å²) in [5.74, 6) is -0.0635. The molecule has 0 unspecified atom stereocenters. The van der Waals surface area contributed by atoms with Gasteiger partial charge in [0.05, 0.1) is 10.6 Å². The van der Waals surface area contributed by atoms with Crippen LogP contribution >= 0.6 is 24.0 Å². The zero-order chi connectivity index (χ0) is 20.1. The summed E-state index contributed by atoms with van der Waals surface area (Å²) in [5.41, 5.74) is 4.09. The van der Waals surface area contributed by atoms with Crippen molar-refractivity contribution >= 4 is 51.7 Å². The molecule has 2 aromatic carbocycles. The molecule has 1 aliphatic rings. The lowest BCUT2D eigenvalue weighted by molar-refractivity contribution is -0.113. The van der Waals surface area contributed by atoms with E-state index in [1.807, 2.05) is 67.6 Å². The lowest BCUT2D eigenvalue weighted by Gasteiger charge is -2.22. The molecule has 0 saturated carbocycles. The first-order chi connectivity index (χ1) is 13.5. The highest BCUT2D eigenvalue weighted by Gasteiger charge is 2.33. The highest BCUT2D eigenvalue weighted by Crippen LogP contribution is 2.36. The predicted molar refractivity (Wildman–Crippen MR) is 126 cm³/mol. The number of amides is 1. The van der Waals surface area contributed by atoms with Crippen LogP contribution in [-0.4, -0.2) is 23.3 Å². The van der Waals surface area contributed by atoms with Crippen molar-refractivity contribution in [1.29, 1.82) is 0 Å². The number of thioether (sulfide) groups is 1. The fourth-order valence-corrected chi connectivity index (χ4v) is 4.50. The number of hydrogen-bond donors (Lipinski definition) is 0. The van der Waals surface area contributed by atoms with Crippen LogP contribution in [0.3, 0.4) is 0 Å². The van der Waals surface area contributed by atoms with E-state index in [1.165, 1.54) is 11.8 Å². The highest BCUT2D eigenvalue weighted by molar-refractivity contribution is 8.27. The molecular formula is C23H24N2OS2. The average molecular weight is 409 g/mol. The Labute approximate surface area is 176 Å². The number of benzene rings is 2. The van der Waals surface area contributed by atoms with Gasteiger partial charge in [-0.1, -0.05) is 60.4 Å². The van der Waals surface area contributed by atoms with Gasteiger partial charge < -0.3 is 4.90 Å². The number of allylic oxidation sites excluding steroid dienone is 2. The number of rotatable bonds is 6. The molecule has 0 atom stereocenters. The van der Waals surface area contributed by atoms with Gasteiger partial charge in [0, 0.05) is 18.8 Å². The maximum Gasteiger partial charge on any atom is 0.270 e. The van der Waals surface area contributed by atoms with Crippen molar-refractivity contribution in [1.82, 2.24) is 0 Å². The van der Waals surface area contributed by atoms with Crippen LogP contribution < -0.4 is 9.80 Å². The van der Waals surface area contributed by atoms with Gasteiger partial charge in [-0.3, -0.25) is 9.69 Å². The fraction of sp³-hybridized carbons (Fsp3) is 0.217. The SMILES string of the molecule is CCN(CC)c1ccc(N2C(=O)/C(=C/C(C)=C/c3ccccc3)SC2=S)cc1. The van der Waals surface area contributed by atoms with E-state index < -0.39 is 0 Å². The Morgan fingerprint density at radius 2 is 1.71 bits per heavy atom. The van der Waals surface area contributed by atoms with Gasteiger partial charge in [0.2, 0.25) is 0 Å². The van der Waals surface area contributed by atoms with Crippen molar-refractivity contribution < 1.29 is 4.79 Å². The van der Waals surface area contributed by atoms with Crippen LogP contribution in [0.25, 0.3) is 6.08 Å². The summed E-state index contributed by atoms with van der Waals surface area (Å²) in [4.78, 5) is 17.5. The van der Waals surface area contributed by atoms with Crippen LogP contribution in [0.2, 0.25) is 0 Å². The predicted octanol–water partition coefficient (Wildman–Crippen LogP) is 5.88. The van der Waals surface area contributed by atoms with Crippen molar-refractivity contribution in [3.05, 3.63) is 76.7 Å². The van der Waals surface area contributed by atoms with Crippen molar-refractivity contribution in [3.63, 3.8) is 0 Å². The lowest BCUT2D eigenvalue weighted by Crippen LogP contribution is -2.27. The number of hydrogen-bond acceptors (Lipinski definition) is 4. The third kappa shape index (κ3) is 4.54. The van der Waals surface area contributed by atoms with Gasteiger partial charge >= 0.3 is 0 Å². The van der Waals surface area contributed by atoms with E-state index in [0.29, 0.717) is 9.23 Å². The summed E-state index contributed by atoms with van der Waals surface area (Å²) in [6, 6.07) is 18.1. The zero-order valence-corrected chi connectivity index (χ0v) is 18.0. The maximum atomic E-state index is 12.9. The van der Waals surface area contributed by atoms with E-state index in [4.69, 9.17) is 12.2 Å². The average Bonchev–Trinajstić information content (AvgIpc) is 2.97. The van der Waals surface area contributed by atoms with Crippen LogP contribution in [0, 0.1) is 0 Å². The molecule has 2 aromatic rings. The maximum absolute atomic E-state index is 12.9. The van der Waals surface area contributed by atoms with E-state index in [2.05, 4.69) is 24.8 Å². The van der Waals surface area contributed by atoms with Crippen molar-refractivity contribution in [3.8, 4) is 0 Å². The molecule has 0 aromatic heterocycles. The fourth-order valence-electron chi connectivity index (χ4n) is 3.15. The Bertz CT molecular complexity index is 913. The molecule has 1 fully saturated rings. The van der Waals surface area contributed by atoms with E-state index in [0.717, 1.165) is 35.6 Å².